The summed E-state index contributed by atoms with van der Waals surface area (Å²) in [4.78, 5) is 59.0. The molecule has 0 aliphatic carbocycles. The van der Waals surface area contributed by atoms with Gasteiger partial charge in [-0.1, -0.05) is 94.9 Å². The predicted molar refractivity (Wildman–Crippen MR) is 258 cm³/mol. The molecule has 0 spiro atoms. The Morgan fingerprint density at radius 1 is 0.862 bits per heavy atom. The molecular weight excluding hydrogens is 1320 g/mol. The fraction of sp³-hybridized carbons (Fsp3) is 0.324. The number of hydrogen-bond donors (Lipinski definition) is 2. The van der Waals surface area contributed by atoms with Gasteiger partial charge in [-0.15, -0.1) is 0 Å². The van der Waals surface area contributed by atoms with Crippen LogP contribution in [-0.4, -0.2) is 76.3 Å². The molecule has 2 aliphatic heterocycles. The number of ether oxygens (including phenoxy) is 2. The number of aromatic nitrogens is 5. The number of halogens is 6. The van der Waals surface area contributed by atoms with Crippen LogP contribution in [0.3, 0.4) is 0 Å². The van der Waals surface area contributed by atoms with E-state index in [9.17, 15) is 14.4 Å². The number of nitrogen functional groups attached to an aromatic ring is 1. The molecular formula is C37H40BrClI4N9O5V. The van der Waals surface area contributed by atoms with E-state index in [-0.39, 0.29) is 47.9 Å². The van der Waals surface area contributed by atoms with Crippen molar-refractivity contribution >= 4 is 139 Å². The van der Waals surface area contributed by atoms with E-state index in [0.717, 1.165) is 36.2 Å². The van der Waals surface area contributed by atoms with Crippen LogP contribution < -0.4 is 11.1 Å². The Bertz CT molecular complexity index is 2080. The molecule has 21 heteroatoms. The first-order valence-corrected chi connectivity index (χ1v) is 34.5. The monoisotopic (exact) mass is 1360 g/mol. The second kappa shape index (κ2) is 25.9. The normalized spacial score (nSPS) is 15.7. The van der Waals surface area contributed by atoms with Crippen LogP contribution in [0.15, 0.2) is 90.1 Å². The van der Waals surface area contributed by atoms with Crippen molar-refractivity contribution in [2.45, 2.75) is 57.5 Å². The van der Waals surface area contributed by atoms with E-state index in [4.69, 9.17) is 26.8 Å². The Morgan fingerprint density at radius 2 is 1.41 bits per heavy atom. The van der Waals surface area contributed by atoms with Gasteiger partial charge in [0.25, 0.3) is 0 Å². The molecule has 0 saturated carbocycles. The number of nitrogens with one attached hydrogen (secondary N) is 1. The van der Waals surface area contributed by atoms with Crippen molar-refractivity contribution in [3.05, 3.63) is 118 Å². The van der Waals surface area contributed by atoms with Gasteiger partial charge >= 0.3 is 77.0 Å². The van der Waals surface area contributed by atoms with Crippen molar-refractivity contribution in [1.82, 2.24) is 39.5 Å². The number of imidazole rings is 1. The van der Waals surface area contributed by atoms with Crippen molar-refractivity contribution in [1.29, 1.82) is 0 Å². The molecule has 0 bridgehead atoms. The number of anilines is 1. The molecule has 5 heterocycles. The molecule has 3 N–H and O–H groups in total. The first-order chi connectivity index (χ1) is 28.0. The maximum absolute atomic E-state index is 12.6. The van der Waals surface area contributed by atoms with Crippen molar-refractivity contribution < 1.29 is 28.8 Å². The molecule has 2 fully saturated rings. The number of fused-ring (bicyclic) bond motifs is 1. The van der Waals surface area contributed by atoms with Gasteiger partial charge in [0.15, 0.2) is 11.0 Å². The summed E-state index contributed by atoms with van der Waals surface area (Å²) in [5.74, 6) is 0.908. The summed E-state index contributed by atoms with van der Waals surface area (Å²) in [6, 6.07) is 18.4. The standard InChI is InChI=1S/C18H18BrN5O2.C18H19ClN4O3.CH3I.3HI.V/c19-15-14-16(20)21-8-10-24(14)17(22-15)13-7-4-9-23(13)18(25)26-11-12-5-2-1-3-6-12;19-16-14(20-8-9-21-16)11-22-17(24)15-7-4-10-23(15)18(25)26-12-13-5-2-1-3-6-13;1-2;;;;/h1-3,5-6,8,10,13H,4,7,9,11H2,(H2,20,21);1-3,5-6,8-9,15H,4,7,10-12H2,(H,22,24);1H3;3*1H;/q;;;;;;+3/p-3/t13-;15-;;;;;/m00...../s1. The summed E-state index contributed by atoms with van der Waals surface area (Å²) in [7, 11) is 0. The van der Waals surface area contributed by atoms with Gasteiger partial charge in [0, 0.05) is 37.9 Å². The second-order valence-corrected chi connectivity index (χ2v) is 48.8. The first kappa shape index (κ1) is 48.9. The number of likely N-dealkylation sites (tertiary alicyclic amines) is 2. The van der Waals surface area contributed by atoms with Gasteiger partial charge in [0.2, 0.25) is 5.91 Å². The molecule has 0 unspecified atom stereocenters. The van der Waals surface area contributed by atoms with Crippen LogP contribution in [-0.2, 0) is 38.9 Å². The summed E-state index contributed by atoms with van der Waals surface area (Å²) in [5.41, 5.74) is 9.03. The molecule has 7 rings (SSSR count). The minimum atomic E-state index is -0.547. The number of nitrogens with zero attached hydrogens (tertiary/aromatic N) is 7. The van der Waals surface area contributed by atoms with Crippen molar-refractivity contribution in [2.24, 2.45) is 0 Å². The van der Waals surface area contributed by atoms with Crippen LogP contribution in [0.4, 0.5) is 15.4 Å². The molecule has 2 saturated heterocycles. The predicted octanol–water partition coefficient (Wildman–Crippen LogP) is 9.80. The number of carbonyl (C=O) groups is 3. The molecule has 2 aliphatic rings. The summed E-state index contributed by atoms with van der Waals surface area (Å²) >= 11 is 18.9. The van der Waals surface area contributed by atoms with Gasteiger partial charge in [-0.05, 0) is 57.7 Å². The Balaban J connectivity index is 0.000000226. The van der Waals surface area contributed by atoms with E-state index < -0.39 is 12.1 Å². The Kier molecular flexibility index (Phi) is 21.8. The quantitative estimate of drug-likeness (QED) is 0.113. The van der Waals surface area contributed by atoms with E-state index in [2.05, 4.69) is 124 Å². The van der Waals surface area contributed by atoms with Crippen LogP contribution >= 0.6 is 110 Å². The summed E-state index contributed by atoms with van der Waals surface area (Å²) < 4.78 is 13.4. The fourth-order valence-corrected chi connectivity index (χ4v) is 6.90. The average Bonchev–Trinajstić information content (AvgIpc) is 4.00. The van der Waals surface area contributed by atoms with E-state index in [0.29, 0.717) is 41.1 Å². The minimum absolute atomic E-state index is 0.154. The molecule has 3 aromatic heterocycles. The van der Waals surface area contributed by atoms with Gasteiger partial charge in [-0.2, -0.15) is 0 Å². The van der Waals surface area contributed by atoms with Gasteiger partial charge in [0.1, 0.15) is 35.2 Å². The van der Waals surface area contributed by atoms with E-state index >= 15 is 0 Å². The molecule has 0 radical (unpaired) electrons. The Labute approximate surface area is 401 Å². The number of hydrogen-bond acceptors (Lipinski definition) is 10. The summed E-state index contributed by atoms with van der Waals surface area (Å²) in [6.45, 7) is 1.74. The molecule has 14 nitrogen and oxygen atoms in total. The number of amides is 3. The van der Waals surface area contributed by atoms with Gasteiger partial charge < -0.3 is 20.5 Å². The first-order valence-electron chi connectivity index (χ1n) is 17.6. The van der Waals surface area contributed by atoms with Crippen LogP contribution in [0.2, 0.25) is 5.15 Å². The van der Waals surface area contributed by atoms with Crippen LogP contribution in [0.25, 0.3) is 5.52 Å². The average molecular weight is 1360 g/mol. The fourth-order valence-electron chi connectivity index (χ4n) is 6.15. The third-order valence-corrected chi connectivity index (χ3v) is 9.58. The number of carbonyl (C=O) groups excluding carboxylic acids is 3. The van der Waals surface area contributed by atoms with E-state index in [1.807, 2.05) is 76.2 Å². The van der Waals surface area contributed by atoms with Gasteiger partial charge in [0.05, 0.1) is 18.3 Å². The summed E-state index contributed by atoms with van der Waals surface area (Å²) in [6.07, 6.45) is 8.70. The van der Waals surface area contributed by atoms with E-state index in [1.165, 1.54) is 17.3 Å². The van der Waals surface area contributed by atoms with Crippen LogP contribution in [0.5, 0.6) is 0 Å². The number of nitrogens with two attached hydrogens (primary N) is 1. The maximum atomic E-state index is 12.6. The number of rotatable bonds is 8. The zero-order valence-corrected chi connectivity index (χ0v) is 43.4. The Morgan fingerprint density at radius 3 is 2.02 bits per heavy atom. The molecule has 2 atom stereocenters. The summed E-state index contributed by atoms with van der Waals surface area (Å²) in [5, 5.41) is 3.01. The van der Waals surface area contributed by atoms with Crippen molar-refractivity contribution in [2.75, 3.05) is 23.8 Å². The third-order valence-electron chi connectivity index (χ3n) is 8.71. The zero-order valence-electron chi connectivity index (χ0n) is 31.1. The SMILES string of the molecule is CI.Nc1nccn2c([C@@H]3CCCN3C(=O)OCc3ccccc3)nc(Br)c12.O=C(NCc1nccnc1Cl)[C@@H]1CCCN1C(=O)OCc1ccccc1.[I][V]([I])[I]. The third kappa shape index (κ3) is 14.7. The van der Waals surface area contributed by atoms with Gasteiger partial charge in [-0.3, -0.25) is 24.0 Å². The molecule has 5 aromatic rings. The molecule has 2 aromatic carbocycles. The van der Waals surface area contributed by atoms with Crippen LogP contribution in [0, 0.1) is 0 Å². The van der Waals surface area contributed by atoms with Crippen molar-refractivity contribution in [3.8, 4) is 0 Å². The van der Waals surface area contributed by atoms with E-state index in [1.54, 1.807) is 11.1 Å². The number of alkyl halides is 1. The molecule has 3 amide bonds. The zero-order chi connectivity index (χ0) is 42.0. The molecule has 310 valence electrons. The molecule has 58 heavy (non-hydrogen) atoms. The number of benzene rings is 2. The second-order valence-electron chi connectivity index (χ2n) is 12.3. The van der Waals surface area contributed by atoms with Crippen LogP contribution in [0.1, 0.15) is 54.4 Å². The topological polar surface area (TPSA) is 170 Å². The van der Waals surface area contributed by atoms with Gasteiger partial charge in [-0.25, -0.2) is 24.5 Å². The van der Waals surface area contributed by atoms with Crippen molar-refractivity contribution in [3.63, 3.8) is 0 Å². The Hall–Kier alpha value is -1.78.